The molecular weight excluding hydrogens is 416 g/mol. The molecule has 1 aliphatic rings. The number of aliphatic hydroxyl groups is 1. The van der Waals surface area contributed by atoms with Crippen molar-refractivity contribution in [1.82, 2.24) is 9.80 Å². The molecule has 0 unspecified atom stereocenters. The summed E-state index contributed by atoms with van der Waals surface area (Å²) in [5.41, 5.74) is 1.20. The fourth-order valence-corrected chi connectivity index (χ4v) is 3.96. The highest BCUT2D eigenvalue weighted by atomic mass is 35.5. The van der Waals surface area contributed by atoms with E-state index in [0.717, 1.165) is 12.1 Å². The van der Waals surface area contributed by atoms with Crippen molar-refractivity contribution < 1.29 is 19.4 Å². The van der Waals surface area contributed by atoms with Crippen LogP contribution < -0.4 is 4.74 Å². The first-order valence-electron chi connectivity index (χ1n) is 10.3. The van der Waals surface area contributed by atoms with Crippen LogP contribution in [0.5, 0.6) is 5.75 Å². The molecule has 1 atom stereocenters. The van der Waals surface area contributed by atoms with Gasteiger partial charge in [-0.1, -0.05) is 41.9 Å². The number of ether oxygens (including phenoxy) is 1. The molecule has 1 fully saturated rings. The monoisotopic (exact) mass is 442 g/mol. The summed E-state index contributed by atoms with van der Waals surface area (Å²) in [6, 6.07) is 13.4. The maximum atomic E-state index is 13.0. The first-order valence-corrected chi connectivity index (χ1v) is 10.6. The zero-order valence-corrected chi connectivity index (χ0v) is 18.7. The summed E-state index contributed by atoms with van der Waals surface area (Å²) in [5, 5.41) is 11.4. The Morgan fingerprint density at radius 3 is 2.48 bits per heavy atom. The van der Waals surface area contributed by atoms with Gasteiger partial charge < -0.3 is 19.6 Å². The van der Waals surface area contributed by atoms with Crippen LogP contribution in [0.1, 0.15) is 30.5 Å². The minimum Gasteiger partial charge on any atom is -0.507 e. The molecular formula is C24H27ClN2O4. The van der Waals surface area contributed by atoms with Gasteiger partial charge in [0.15, 0.2) is 0 Å². The number of Topliss-reactive ketones (excluding diaryl/α,β-unsaturated/α-hetero) is 1. The molecule has 3 rings (SSSR count). The Labute approximate surface area is 187 Å². The van der Waals surface area contributed by atoms with E-state index in [4.69, 9.17) is 16.3 Å². The van der Waals surface area contributed by atoms with Crippen molar-refractivity contribution in [3.05, 3.63) is 70.3 Å². The van der Waals surface area contributed by atoms with E-state index in [2.05, 4.69) is 0 Å². The molecule has 1 saturated heterocycles. The molecule has 0 spiro atoms. The van der Waals surface area contributed by atoms with Gasteiger partial charge in [0.25, 0.3) is 11.7 Å². The molecule has 7 heteroatoms. The second kappa shape index (κ2) is 9.98. The summed E-state index contributed by atoms with van der Waals surface area (Å²) in [7, 11) is 3.91. The molecule has 31 heavy (non-hydrogen) atoms. The van der Waals surface area contributed by atoms with E-state index in [1.165, 1.54) is 0 Å². The Kier molecular flexibility index (Phi) is 7.36. The normalized spacial score (nSPS) is 18.1. The Bertz CT molecular complexity index is 988. The highest BCUT2D eigenvalue weighted by Crippen LogP contribution is 2.40. The minimum atomic E-state index is -0.693. The number of likely N-dealkylation sites (tertiary alicyclic amines) is 1. The van der Waals surface area contributed by atoms with Crippen LogP contribution in [-0.2, 0) is 9.59 Å². The van der Waals surface area contributed by atoms with E-state index >= 15 is 0 Å². The van der Waals surface area contributed by atoms with Gasteiger partial charge >= 0.3 is 0 Å². The highest BCUT2D eigenvalue weighted by Gasteiger charge is 2.45. The van der Waals surface area contributed by atoms with Gasteiger partial charge in [-0.15, -0.1) is 0 Å². The number of hydrogen-bond donors (Lipinski definition) is 1. The van der Waals surface area contributed by atoms with Crippen LogP contribution >= 0.6 is 11.6 Å². The van der Waals surface area contributed by atoms with E-state index in [9.17, 15) is 14.7 Å². The number of amides is 1. The van der Waals surface area contributed by atoms with Crippen LogP contribution in [0.3, 0.4) is 0 Å². The smallest absolute Gasteiger partial charge is 0.295 e. The summed E-state index contributed by atoms with van der Waals surface area (Å²) >= 11 is 6.28. The molecule has 2 aromatic carbocycles. The Hall–Kier alpha value is -2.83. The van der Waals surface area contributed by atoms with Gasteiger partial charge in [0.05, 0.1) is 23.2 Å². The van der Waals surface area contributed by atoms with Crippen LogP contribution in [0.2, 0.25) is 5.02 Å². The lowest BCUT2D eigenvalue weighted by molar-refractivity contribution is -0.139. The maximum Gasteiger partial charge on any atom is 0.295 e. The van der Waals surface area contributed by atoms with Crippen molar-refractivity contribution >= 4 is 29.1 Å². The van der Waals surface area contributed by atoms with E-state index in [-0.39, 0.29) is 11.3 Å². The molecule has 0 radical (unpaired) electrons. The van der Waals surface area contributed by atoms with Gasteiger partial charge in [0.1, 0.15) is 11.5 Å². The predicted octanol–water partition coefficient (Wildman–Crippen LogP) is 4.11. The van der Waals surface area contributed by atoms with Crippen LogP contribution in [0, 0.1) is 0 Å². The largest absolute Gasteiger partial charge is 0.507 e. The molecule has 1 N–H and O–H groups in total. The number of halogens is 1. The molecule has 0 bridgehead atoms. The first kappa shape index (κ1) is 22.8. The zero-order chi connectivity index (χ0) is 22.5. The summed E-state index contributed by atoms with van der Waals surface area (Å²) in [6.07, 6.45) is 0.707. The number of carbonyl (C=O) groups is 2. The maximum absolute atomic E-state index is 13.0. The molecule has 0 aliphatic carbocycles. The lowest BCUT2D eigenvalue weighted by atomic mass is 9.95. The Balaban J connectivity index is 2.06. The van der Waals surface area contributed by atoms with Crippen LogP contribution in [0.4, 0.5) is 0 Å². The number of carbonyl (C=O) groups excluding carboxylic acids is 2. The van der Waals surface area contributed by atoms with E-state index in [1.54, 1.807) is 23.1 Å². The third-order valence-electron chi connectivity index (χ3n) is 5.16. The van der Waals surface area contributed by atoms with E-state index in [1.807, 2.05) is 56.3 Å². The predicted molar refractivity (Wildman–Crippen MR) is 121 cm³/mol. The number of nitrogens with zero attached hydrogens (tertiary/aromatic N) is 2. The van der Waals surface area contributed by atoms with Gasteiger partial charge in [0, 0.05) is 12.1 Å². The average molecular weight is 443 g/mol. The van der Waals surface area contributed by atoms with Crippen molar-refractivity contribution in [2.75, 3.05) is 33.8 Å². The topological polar surface area (TPSA) is 70.1 Å². The SMILES string of the molecule is CCOc1ccc(/C(O)=C2\C(=O)C(=O)N(CCCN(C)C)[C@H]2c2ccccc2)cc1Cl. The fraction of sp³-hybridized carbons (Fsp3) is 0.333. The molecule has 164 valence electrons. The first-order chi connectivity index (χ1) is 14.8. The number of rotatable bonds is 8. The minimum absolute atomic E-state index is 0.0706. The van der Waals surface area contributed by atoms with Crippen molar-refractivity contribution in [2.45, 2.75) is 19.4 Å². The third-order valence-corrected chi connectivity index (χ3v) is 5.46. The Morgan fingerprint density at radius 2 is 1.87 bits per heavy atom. The molecule has 0 aromatic heterocycles. The molecule has 6 nitrogen and oxygen atoms in total. The van der Waals surface area contributed by atoms with Gasteiger partial charge in [-0.3, -0.25) is 9.59 Å². The van der Waals surface area contributed by atoms with Crippen LogP contribution in [0.15, 0.2) is 54.1 Å². The number of benzene rings is 2. The highest BCUT2D eigenvalue weighted by molar-refractivity contribution is 6.46. The quantitative estimate of drug-likeness (QED) is 0.378. The van der Waals surface area contributed by atoms with Crippen LogP contribution in [-0.4, -0.2) is 60.4 Å². The average Bonchev–Trinajstić information content (AvgIpc) is 3.00. The lowest BCUT2D eigenvalue weighted by Gasteiger charge is -2.26. The van der Waals surface area contributed by atoms with E-state index in [0.29, 0.717) is 35.9 Å². The second-order valence-corrected chi connectivity index (χ2v) is 8.05. The van der Waals surface area contributed by atoms with Gasteiger partial charge in [-0.2, -0.15) is 0 Å². The molecule has 1 amide bonds. The van der Waals surface area contributed by atoms with Gasteiger partial charge in [0.2, 0.25) is 0 Å². The molecule has 0 saturated carbocycles. The van der Waals surface area contributed by atoms with Gasteiger partial charge in [-0.25, -0.2) is 0 Å². The molecule has 1 heterocycles. The summed E-state index contributed by atoms with van der Waals surface area (Å²) in [5.74, 6) is -1.05. The van der Waals surface area contributed by atoms with Gasteiger partial charge in [-0.05, 0) is 57.7 Å². The van der Waals surface area contributed by atoms with Crippen molar-refractivity contribution in [3.63, 3.8) is 0 Å². The lowest BCUT2D eigenvalue weighted by Crippen LogP contribution is -2.32. The van der Waals surface area contributed by atoms with Crippen molar-refractivity contribution in [2.24, 2.45) is 0 Å². The second-order valence-electron chi connectivity index (χ2n) is 7.64. The summed E-state index contributed by atoms with van der Waals surface area (Å²) < 4.78 is 5.44. The standard InChI is InChI=1S/C24H27ClN2O4/c1-4-31-19-12-11-17(15-18(19)25)22(28)20-21(16-9-6-5-7-10-16)27(24(30)23(20)29)14-8-13-26(2)3/h5-7,9-12,15,21,28H,4,8,13-14H2,1-3H3/b22-20+/t21-/m0/s1. The van der Waals surface area contributed by atoms with E-state index < -0.39 is 17.7 Å². The number of aliphatic hydroxyl groups excluding tert-OH is 1. The van der Waals surface area contributed by atoms with Crippen molar-refractivity contribution in [1.29, 1.82) is 0 Å². The molecule has 1 aliphatic heterocycles. The zero-order valence-electron chi connectivity index (χ0n) is 18.0. The summed E-state index contributed by atoms with van der Waals surface area (Å²) in [6.45, 7) is 3.49. The third kappa shape index (κ3) is 4.92. The Morgan fingerprint density at radius 1 is 1.16 bits per heavy atom. The van der Waals surface area contributed by atoms with Crippen molar-refractivity contribution in [3.8, 4) is 5.75 Å². The molecule has 2 aromatic rings. The van der Waals surface area contributed by atoms with Crippen LogP contribution in [0.25, 0.3) is 5.76 Å². The number of hydrogen-bond acceptors (Lipinski definition) is 5. The fourth-order valence-electron chi connectivity index (χ4n) is 3.73. The number of ketones is 1. The summed E-state index contributed by atoms with van der Waals surface area (Å²) in [4.78, 5) is 29.4.